The molecule has 0 spiro atoms. The fraction of sp³-hybridized carbons (Fsp3) is 0.400. The molecule has 0 aliphatic carbocycles. The maximum absolute atomic E-state index is 3.61. The van der Waals surface area contributed by atoms with Gasteiger partial charge in [0.05, 0.1) is 0 Å². The summed E-state index contributed by atoms with van der Waals surface area (Å²) < 4.78 is 0. The average molecular weight is 279 g/mol. The van der Waals surface area contributed by atoms with Crippen LogP contribution in [0.2, 0.25) is 0 Å². The second kappa shape index (κ2) is 6.34. The van der Waals surface area contributed by atoms with Gasteiger partial charge < -0.3 is 4.98 Å². The van der Waals surface area contributed by atoms with Gasteiger partial charge in [0.2, 0.25) is 0 Å². The van der Waals surface area contributed by atoms with Gasteiger partial charge in [0.15, 0.2) is 0 Å². The smallest absolute Gasteiger partial charge is 0.0497 e. The topological polar surface area (TPSA) is 15.8 Å². The molecule has 1 heteroatoms. The number of H-pyrrole nitrogens is 1. The van der Waals surface area contributed by atoms with Gasteiger partial charge in [-0.05, 0) is 30.4 Å². The third-order valence-electron chi connectivity index (χ3n) is 4.36. The molecular weight excluding hydrogens is 254 g/mol. The van der Waals surface area contributed by atoms with Gasteiger partial charge >= 0.3 is 0 Å². The van der Waals surface area contributed by atoms with Crippen molar-refractivity contribution in [3.8, 4) is 0 Å². The van der Waals surface area contributed by atoms with E-state index < -0.39 is 0 Å². The Balaban J connectivity index is 1.76. The molecule has 3 aromatic rings. The van der Waals surface area contributed by atoms with E-state index in [0.717, 1.165) is 5.92 Å². The van der Waals surface area contributed by atoms with Crippen LogP contribution >= 0.6 is 0 Å². The van der Waals surface area contributed by atoms with Gasteiger partial charge in [0.25, 0.3) is 0 Å². The van der Waals surface area contributed by atoms with E-state index in [1.807, 2.05) is 0 Å². The first kappa shape index (κ1) is 14.2. The molecule has 0 radical (unpaired) electrons. The van der Waals surface area contributed by atoms with E-state index in [1.165, 1.54) is 59.5 Å². The van der Waals surface area contributed by atoms with Crippen molar-refractivity contribution < 1.29 is 0 Å². The molecule has 1 aromatic heterocycles. The lowest BCUT2D eigenvalue weighted by Gasteiger charge is -2.05. The number of benzene rings is 2. The highest BCUT2D eigenvalue weighted by Gasteiger charge is 2.07. The number of para-hydroxylation sites is 2. The summed E-state index contributed by atoms with van der Waals surface area (Å²) >= 11 is 0. The quantitative estimate of drug-likeness (QED) is 0.526. The Bertz CT molecular complexity index is 721. The summed E-state index contributed by atoms with van der Waals surface area (Å²) in [4.78, 5) is 3.61. The van der Waals surface area contributed by atoms with Crippen LogP contribution in [-0.4, -0.2) is 4.98 Å². The zero-order chi connectivity index (χ0) is 14.7. The fourth-order valence-electron chi connectivity index (χ4n) is 3.19. The van der Waals surface area contributed by atoms with Crippen molar-refractivity contribution in [2.75, 3.05) is 0 Å². The summed E-state index contributed by atoms with van der Waals surface area (Å²) in [5.74, 6) is 0.835. The number of rotatable bonds is 6. The van der Waals surface area contributed by atoms with Crippen LogP contribution in [0.1, 0.15) is 45.1 Å². The van der Waals surface area contributed by atoms with Crippen molar-refractivity contribution in [3.05, 3.63) is 48.0 Å². The van der Waals surface area contributed by atoms with Crippen LogP contribution in [-0.2, 0) is 6.42 Å². The van der Waals surface area contributed by atoms with Gasteiger partial charge in [-0.25, -0.2) is 0 Å². The minimum Gasteiger partial charge on any atom is -0.354 e. The number of fused-ring (bicyclic) bond motifs is 3. The molecule has 0 aliphatic rings. The molecule has 1 N–H and O–H groups in total. The van der Waals surface area contributed by atoms with E-state index in [1.54, 1.807) is 0 Å². The molecule has 3 rings (SSSR count). The molecule has 0 amide bonds. The minimum atomic E-state index is 0.835. The lowest BCUT2D eigenvalue weighted by molar-refractivity contribution is 0.527. The first-order chi connectivity index (χ1) is 10.3. The molecule has 1 heterocycles. The van der Waals surface area contributed by atoms with Crippen molar-refractivity contribution >= 4 is 21.8 Å². The van der Waals surface area contributed by atoms with Crippen LogP contribution < -0.4 is 0 Å². The average Bonchev–Trinajstić information content (AvgIpc) is 2.86. The van der Waals surface area contributed by atoms with Gasteiger partial charge in [-0.1, -0.05) is 69.5 Å². The molecular formula is C20H25N. The number of unbranched alkanes of at least 4 members (excludes halogenated alkanes) is 2. The highest BCUT2D eigenvalue weighted by atomic mass is 14.7. The number of nitrogens with one attached hydrogen (secondary N) is 1. The number of aryl methyl sites for hydroxylation is 1. The van der Waals surface area contributed by atoms with Crippen LogP contribution in [0.15, 0.2) is 42.5 Å². The van der Waals surface area contributed by atoms with Crippen molar-refractivity contribution in [1.82, 2.24) is 4.98 Å². The number of hydrogen-bond donors (Lipinski definition) is 1. The Morgan fingerprint density at radius 1 is 0.857 bits per heavy atom. The lowest BCUT2D eigenvalue weighted by Crippen LogP contribution is -1.90. The van der Waals surface area contributed by atoms with E-state index in [-0.39, 0.29) is 0 Å². The molecule has 0 saturated carbocycles. The molecule has 0 unspecified atom stereocenters. The Hall–Kier alpha value is -1.76. The molecule has 1 nitrogen and oxygen atoms in total. The first-order valence-electron chi connectivity index (χ1n) is 8.24. The number of aromatic nitrogens is 1. The standard InChI is InChI=1S/C20H25N/c1-15(2)9-4-3-5-10-16-11-8-13-18-17-12-6-7-14-19(17)21-20(16)18/h6-8,11-15,21H,3-5,9-10H2,1-2H3. The zero-order valence-corrected chi connectivity index (χ0v) is 13.2. The van der Waals surface area contributed by atoms with Crippen molar-refractivity contribution in [3.63, 3.8) is 0 Å². The summed E-state index contributed by atoms with van der Waals surface area (Å²) in [6, 6.07) is 15.3. The Kier molecular flexibility index (Phi) is 4.28. The van der Waals surface area contributed by atoms with Gasteiger partial charge in [-0.2, -0.15) is 0 Å². The zero-order valence-electron chi connectivity index (χ0n) is 13.2. The summed E-state index contributed by atoms with van der Waals surface area (Å²) in [5.41, 5.74) is 4.05. The van der Waals surface area contributed by atoms with Crippen molar-refractivity contribution in [2.45, 2.75) is 46.0 Å². The number of aromatic amines is 1. The third kappa shape index (κ3) is 3.12. The summed E-state index contributed by atoms with van der Waals surface area (Å²) in [7, 11) is 0. The van der Waals surface area contributed by atoms with Crippen LogP contribution in [0.5, 0.6) is 0 Å². The first-order valence-corrected chi connectivity index (χ1v) is 8.24. The second-order valence-electron chi connectivity index (χ2n) is 6.50. The van der Waals surface area contributed by atoms with Gasteiger partial charge in [0.1, 0.15) is 0 Å². The van der Waals surface area contributed by atoms with E-state index in [4.69, 9.17) is 0 Å². The Morgan fingerprint density at radius 2 is 1.67 bits per heavy atom. The Labute approximate surface area is 127 Å². The highest BCUT2D eigenvalue weighted by molar-refractivity contribution is 6.08. The molecule has 0 atom stereocenters. The van der Waals surface area contributed by atoms with Crippen molar-refractivity contribution in [1.29, 1.82) is 0 Å². The van der Waals surface area contributed by atoms with Gasteiger partial charge in [-0.3, -0.25) is 0 Å². The summed E-state index contributed by atoms with van der Waals surface area (Å²) in [6.07, 6.45) is 6.54. The maximum Gasteiger partial charge on any atom is 0.0497 e. The summed E-state index contributed by atoms with van der Waals surface area (Å²) in [5, 5.41) is 2.71. The predicted octanol–water partition coefficient (Wildman–Crippen LogP) is 6.08. The van der Waals surface area contributed by atoms with E-state index in [2.05, 4.69) is 61.3 Å². The molecule has 0 bridgehead atoms. The largest absolute Gasteiger partial charge is 0.354 e. The molecule has 110 valence electrons. The molecule has 0 aliphatic heterocycles. The highest BCUT2D eigenvalue weighted by Crippen LogP contribution is 2.28. The van der Waals surface area contributed by atoms with Crippen LogP contribution in [0, 0.1) is 5.92 Å². The molecule has 2 aromatic carbocycles. The summed E-state index contributed by atoms with van der Waals surface area (Å²) in [6.45, 7) is 4.62. The van der Waals surface area contributed by atoms with Crippen molar-refractivity contribution in [2.24, 2.45) is 5.92 Å². The maximum atomic E-state index is 3.61. The van der Waals surface area contributed by atoms with Crippen LogP contribution in [0.3, 0.4) is 0 Å². The fourth-order valence-corrected chi connectivity index (χ4v) is 3.19. The predicted molar refractivity (Wildman–Crippen MR) is 92.8 cm³/mol. The van der Waals surface area contributed by atoms with Gasteiger partial charge in [0, 0.05) is 21.8 Å². The van der Waals surface area contributed by atoms with E-state index >= 15 is 0 Å². The monoisotopic (exact) mass is 279 g/mol. The third-order valence-corrected chi connectivity index (χ3v) is 4.36. The number of hydrogen-bond acceptors (Lipinski definition) is 0. The van der Waals surface area contributed by atoms with Gasteiger partial charge in [-0.15, -0.1) is 0 Å². The normalized spacial score (nSPS) is 11.8. The van der Waals surface area contributed by atoms with Crippen LogP contribution in [0.4, 0.5) is 0 Å². The lowest BCUT2D eigenvalue weighted by atomic mass is 10.0. The molecule has 21 heavy (non-hydrogen) atoms. The molecule has 0 saturated heterocycles. The van der Waals surface area contributed by atoms with E-state index in [0.29, 0.717) is 0 Å². The van der Waals surface area contributed by atoms with Crippen LogP contribution in [0.25, 0.3) is 21.8 Å². The van der Waals surface area contributed by atoms with E-state index in [9.17, 15) is 0 Å². The Morgan fingerprint density at radius 3 is 2.52 bits per heavy atom. The second-order valence-corrected chi connectivity index (χ2v) is 6.50. The molecule has 0 fully saturated rings. The minimum absolute atomic E-state index is 0.835. The SMILES string of the molecule is CC(C)CCCCCc1cccc2c1[nH]c1ccccc12.